The Morgan fingerprint density at radius 2 is 1.58 bits per heavy atom. The molecule has 170 valence electrons. The van der Waals surface area contributed by atoms with Gasteiger partial charge in [-0.25, -0.2) is 8.42 Å². The summed E-state index contributed by atoms with van der Waals surface area (Å²) in [6.45, 7) is -0.180. The van der Waals surface area contributed by atoms with Crippen molar-refractivity contribution in [2.45, 2.75) is 29.4 Å². The normalized spacial score (nSPS) is 15.5. The molecule has 0 bridgehead atoms. The number of sulfonamides is 1. The van der Waals surface area contributed by atoms with Crippen LogP contribution in [0.3, 0.4) is 0 Å². The van der Waals surface area contributed by atoms with Gasteiger partial charge in [0.05, 0.1) is 16.1 Å². The van der Waals surface area contributed by atoms with Gasteiger partial charge in [-0.15, -0.1) is 0 Å². The molecule has 2 aromatic rings. The van der Waals surface area contributed by atoms with E-state index in [4.69, 9.17) is 0 Å². The van der Waals surface area contributed by atoms with Gasteiger partial charge >= 0.3 is 21.8 Å². The number of aryl methyl sites for hydroxylation is 1. The average molecular weight is 489 g/mol. The Morgan fingerprint density at radius 1 is 0.903 bits per heavy atom. The Hall–Kier alpha value is -2.48. The number of fused-ring (bicyclic) bond motifs is 1. The molecule has 0 atom stereocenters. The fraction of sp³-hybridized carbons (Fsp3) is 0.294. The minimum absolute atomic E-state index is 0.180. The van der Waals surface area contributed by atoms with Crippen LogP contribution < -0.4 is 8.49 Å². The third-order valence-corrected chi connectivity index (χ3v) is 7.16. The van der Waals surface area contributed by atoms with Crippen molar-refractivity contribution in [2.75, 3.05) is 10.8 Å². The molecule has 2 aromatic carbocycles. The lowest BCUT2D eigenvalue weighted by Gasteiger charge is -2.31. The molecule has 1 aliphatic rings. The molecule has 31 heavy (non-hydrogen) atoms. The first-order chi connectivity index (χ1) is 14.1. The minimum atomic E-state index is -6.00. The molecule has 0 saturated heterocycles. The van der Waals surface area contributed by atoms with Crippen molar-refractivity contribution >= 4 is 25.8 Å². The van der Waals surface area contributed by atoms with E-state index in [0.29, 0.717) is 28.4 Å². The molecule has 6 nitrogen and oxygen atoms in total. The first kappa shape index (κ1) is 23.2. The third kappa shape index (κ3) is 4.59. The predicted molar refractivity (Wildman–Crippen MR) is 96.3 cm³/mol. The lowest BCUT2D eigenvalue weighted by molar-refractivity contribution is -0.137. The predicted octanol–water partition coefficient (Wildman–Crippen LogP) is 4.08. The van der Waals surface area contributed by atoms with Gasteiger partial charge in [0.1, 0.15) is 5.75 Å². The number of halogens is 6. The van der Waals surface area contributed by atoms with E-state index in [1.165, 1.54) is 6.07 Å². The van der Waals surface area contributed by atoms with Crippen molar-refractivity contribution in [3.05, 3.63) is 53.6 Å². The summed E-state index contributed by atoms with van der Waals surface area (Å²) in [5.74, 6) is -0.790. The summed E-state index contributed by atoms with van der Waals surface area (Å²) in [6.07, 6.45) is -4.19. The Balaban J connectivity index is 2.05. The fourth-order valence-electron chi connectivity index (χ4n) is 2.96. The molecule has 0 aromatic heterocycles. The second-order valence-electron chi connectivity index (χ2n) is 6.48. The summed E-state index contributed by atoms with van der Waals surface area (Å²) in [7, 11) is -10.5. The summed E-state index contributed by atoms with van der Waals surface area (Å²) in [5, 5.41) is 0. The van der Waals surface area contributed by atoms with Crippen molar-refractivity contribution < 1.29 is 47.4 Å². The van der Waals surface area contributed by atoms with Crippen LogP contribution >= 0.6 is 0 Å². The van der Waals surface area contributed by atoms with Crippen LogP contribution in [-0.2, 0) is 32.7 Å². The number of nitrogens with zero attached hydrogens (tertiary/aromatic N) is 1. The van der Waals surface area contributed by atoms with Crippen LogP contribution in [0.4, 0.5) is 32.0 Å². The standard InChI is InChI=1S/C17H13F6NO5S2/c18-16(19,20)12-4-1-5-14(9-12)30(25,26)24-8-2-3-11-6-7-13(10-15(11)24)29-31(27,28)17(21,22)23/h1,4-7,9-10H,2-3,8H2. The minimum Gasteiger partial charge on any atom is -0.376 e. The van der Waals surface area contributed by atoms with E-state index in [1.807, 2.05) is 0 Å². The fourth-order valence-corrected chi connectivity index (χ4v) is 4.99. The first-order valence-corrected chi connectivity index (χ1v) is 11.3. The first-order valence-electron chi connectivity index (χ1n) is 8.46. The average Bonchev–Trinajstić information content (AvgIpc) is 2.65. The lowest BCUT2D eigenvalue weighted by Crippen LogP contribution is -2.35. The van der Waals surface area contributed by atoms with Gasteiger partial charge in [-0.3, -0.25) is 4.31 Å². The summed E-state index contributed by atoms with van der Waals surface area (Å²) in [4.78, 5) is -0.676. The van der Waals surface area contributed by atoms with Gasteiger partial charge < -0.3 is 4.18 Å². The number of hydrogen-bond donors (Lipinski definition) is 0. The van der Waals surface area contributed by atoms with Gasteiger partial charge in [0.25, 0.3) is 10.0 Å². The molecule has 3 rings (SSSR count). The smallest absolute Gasteiger partial charge is 0.376 e. The summed E-state index contributed by atoms with van der Waals surface area (Å²) in [5.41, 5.74) is -6.73. The zero-order valence-corrected chi connectivity index (χ0v) is 16.9. The Labute approximate surface area is 173 Å². The highest BCUT2D eigenvalue weighted by Gasteiger charge is 2.48. The molecule has 14 heteroatoms. The van der Waals surface area contributed by atoms with Gasteiger partial charge in [-0.05, 0) is 42.7 Å². The monoisotopic (exact) mass is 489 g/mol. The van der Waals surface area contributed by atoms with Crippen molar-refractivity contribution in [3.63, 3.8) is 0 Å². The van der Waals surface area contributed by atoms with E-state index in [9.17, 15) is 43.2 Å². The molecular formula is C17H13F6NO5S2. The third-order valence-electron chi connectivity index (χ3n) is 4.37. The van der Waals surface area contributed by atoms with E-state index in [2.05, 4.69) is 4.18 Å². The molecule has 0 amide bonds. The van der Waals surface area contributed by atoms with E-state index in [0.717, 1.165) is 24.3 Å². The summed E-state index contributed by atoms with van der Waals surface area (Å²) in [6, 6.07) is 5.92. The number of benzene rings is 2. The maximum Gasteiger partial charge on any atom is 0.534 e. The highest BCUT2D eigenvalue weighted by molar-refractivity contribution is 7.92. The molecule has 1 heterocycles. The van der Waals surface area contributed by atoms with Crippen molar-refractivity contribution in [3.8, 4) is 5.75 Å². The second-order valence-corrected chi connectivity index (χ2v) is 9.88. The number of anilines is 1. The van der Waals surface area contributed by atoms with E-state index < -0.39 is 48.0 Å². The van der Waals surface area contributed by atoms with Crippen molar-refractivity contribution in [1.29, 1.82) is 0 Å². The van der Waals surface area contributed by atoms with Gasteiger partial charge in [0, 0.05) is 12.6 Å². The van der Waals surface area contributed by atoms with E-state index >= 15 is 0 Å². The SMILES string of the molecule is O=S(=O)(c1cccc(C(F)(F)F)c1)N1CCCc2ccc(OS(=O)(=O)C(F)(F)F)cc21. The van der Waals surface area contributed by atoms with Crippen LogP contribution in [0.15, 0.2) is 47.4 Å². The maximum atomic E-state index is 13.0. The van der Waals surface area contributed by atoms with Crippen molar-refractivity contribution in [2.24, 2.45) is 0 Å². The van der Waals surface area contributed by atoms with Gasteiger partial charge in [0.2, 0.25) is 0 Å². The maximum absolute atomic E-state index is 13.0. The molecule has 0 saturated carbocycles. The summed E-state index contributed by atoms with van der Waals surface area (Å²) >= 11 is 0. The molecule has 0 unspecified atom stereocenters. The second kappa shape index (κ2) is 7.58. The van der Waals surface area contributed by atoms with Crippen molar-refractivity contribution in [1.82, 2.24) is 0 Å². The zero-order chi connectivity index (χ0) is 23.2. The van der Waals surface area contributed by atoms with Crippen LogP contribution in [0.5, 0.6) is 5.75 Å². The largest absolute Gasteiger partial charge is 0.534 e. The highest BCUT2D eigenvalue weighted by atomic mass is 32.2. The molecular weight excluding hydrogens is 476 g/mol. The number of rotatable bonds is 4. The van der Waals surface area contributed by atoms with E-state index in [-0.39, 0.29) is 18.7 Å². The van der Waals surface area contributed by atoms with E-state index in [1.54, 1.807) is 0 Å². The Morgan fingerprint density at radius 3 is 2.19 bits per heavy atom. The Bertz CT molecular complexity index is 1210. The Kier molecular flexibility index (Phi) is 5.67. The van der Waals surface area contributed by atoms with Crippen LogP contribution in [-0.4, -0.2) is 28.9 Å². The van der Waals surface area contributed by atoms with Gasteiger partial charge in [-0.2, -0.15) is 34.8 Å². The molecule has 0 N–H and O–H groups in total. The quantitative estimate of drug-likeness (QED) is 0.368. The number of hydrogen-bond acceptors (Lipinski definition) is 5. The van der Waals surface area contributed by atoms with Crippen LogP contribution in [0.2, 0.25) is 0 Å². The van der Waals surface area contributed by atoms with Crippen LogP contribution in [0, 0.1) is 0 Å². The zero-order valence-electron chi connectivity index (χ0n) is 15.2. The molecule has 0 aliphatic carbocycles. The molecule has 0 spiro atoms. The molecule has 0 radical (unpaired) electrons. The lowest BCUT2D eigenvalue weighted by atomic mass is 10.0. The van der Waals surface area contributed by atoms with Gasteiger partial charge in [0.15, 0.2) is 0 Å². The van der Waals surface area contributed by atoms with Crippen LogP contribution in [0.1, 0.15) is 17.5 Å². The molecule has 0 fully saturated rings. The topological polar surface area (TPSA) is 80.8 Å². The van der Waals surface area contributed by atoms with Gasteiger partial charge in [-0.1, -0.05) is 12.1 Å². The number of alkyl halides is 6. The highest BCUT2D eigenvalue weighted by Crippen LogP contribution is 2.37. The molecule has 1 aliphatic heterocycles. The van der Waals surface area contributed by atoms with Crippen LogP contribution in [0.25, 0.3) is 0 Å². The summed E-state index contributed by atoms with van der Waals surface area (Å²) < 4.78 is 130.